The molecule has 0 aliphatic carbocycles. The molecule has 1 heterocycles. The lowest BCUT2D eigenvalue weighted by atomic mass is 10.1. The Labute approximate surface area is 183 Å². The van der Waals surface area contributed by atoms with E-state index >= 15 is 0 Å². The van der Waals surface area contributed by atoms with E-state index in [9.17, 15) is 4.79 Å². The second kappa shape index (κ2) is 12.5. The second-order valence-corrected chi connectivity index (χ2v) is 5.87. The minimum Gasteiger partial charge on any atom is -0.497 e. The summed E-state index contributed by atoms with van der Waals surface area (Å²) in [4.78, 5) is 16.9. The van der Waals surface area contributed by atoms with Crippen LogP contribution in [0.2, 0.25) is 5.02 Å². The maximum absolute atomic E-state index is 12.6. The van der Waals surface area contributed by atoms with E-state index in [2.05, 4.69) is 10.3 Å². The third-order valence-electron chi connectivity index (χ3n) is 3.77. The van der Waals surface area contributed by atoms with E-state index in [1.807, 2.05) is 27.7 Å². The smallest absolute Gasteiger partial charge is 0.259 e. The third-order valence-corrected chi connectivity index (χ3v) is 4.10. The van der Waals surface area contributed by atoms with E-state index in [1.165, 1.54) is 13.4 Å². The summed E-state index contributed by atoms with van der Waals surface area (Å²) < 4.78 is 15.7. The molecule has 0 saturated carbocycles. The van der Waals surface area contributed by atoms with Gasteiger partial charge in [0.1, 0.15) is 23.5 Å². The number of aryl methyl sites for hydroxylation is 1. The highest BCUT2D eigenvalue weighted by Crippen LogP contribution is 2.31. The van der Waals surface area contributed by atoms with Crippen LogP contribution < -0.4 is 14.8 Å². The first kappa shape index (κ1) is 25.0. The molecule has 0 unspecified atom stereocenters. The SMILES string of the molecule is CC.CC.COc1ccc(C(=O)Nc2ccc(Cl)c(-c3coc(C)n3)c2)c(OC)c1. The molecule has 0 radical (unpaired) electrons. The average molecular weight is 433 g/mol. The van der Waals surface area contributed by atoms with Crippen LogP contribution in [0.1, 0.15) is 43.9 Å². The zero-order valence-electron chi connectivity index (χ0n) is 18.5. The lowest BCUT2D eigenvalue weighted by Gasteiger charge is -2.12. The molecule has 0 fully saturated rings. The van der Waals surface area contributed by atoms with Gasteiger partial charge in [-0.3, -0.25) is 4.79 Å². The minimum atomic E-state index is -0.311. The predicted octanol–water partition coefficient (Wildman–Crippen LogP) is 6.63. The minimum absolute atomic E-state index is 0.311. The number of carbonyl (C=O) groups excluding carboxylic acids is 1. The number of halogens is 1. The lowest BCUT2D eigenvalue weighted by Crippen LogP contribution is -2.13. The van der Waals surface area contributed by atoms with Gasteiger partial charge in [-0.2, -0.15) is 0 Å². The molecule has 1 aromatic heterocycles. The van der Waals surface area contributed by atoms with Crippen molar-refractivity contribution in [2.75, 3.05) is 19.5 Å². The fourth-order valence-electron chi connectivity index (χ4n) is 2.47. The molecule has 0 spiro atoms. The molecule has 3 rings (SSSR count). The van der Waals surface area contributed by atoms with Crippen molar-refractivity contribution in [3.63, 3.8) is 0 Å². The number of hydrogen-bond acceptors (Lipinski definition) is 5. The van der Waals surface area contributed by atoms with E-state index in [0.717, 1.165) is 0 Å². The topological polar surface area (TPSA) is 73.6 Å². The summed E-state index contributed by atoms with van der Waals surface area (Å²) in [6, 6.07) is 10.1. The van der Waals surface area contributed by atoms with Crippen LogP contribution in [0.5, 0.6) is 11.5 Å². The molecule has 2 aromatic carbocycles. The van der Waals surface area contributed by atoms with Gasteiger partial charge in [0.25, 0.3) is 5.91 Å². The predicted molar refractivity (Wildman–Crippen MR) is 122 cm³/mol. The Balaban J connectivity index is 0.00000106. The number of nitrogens with one attached hydrogen (secondary N) is 1. The maximum Gasteiger partial charge on any atom is 0.259 e. The van der Waals surface area contributed by atoms with Gasteiger partial charge in [-0.25, -0.2) is 4.98 Å². The van der Waals surface area contributed by atoms with Crippen LogP contribution in [0.3, 0.4) is 0 Å². The summed E-state index contributed by atoms with van der Waals surface area (Å²) in [6.07, 6.45) is 1.52. The molecule has 1 amide bonds. The van der Waals surface area contributed by atoms with E-state index in [0.29, 0.717) is 44.9 Å². The number of nitrogens with zero attached hydrogens (tertiary/aromatic N) is 1. The van der Waals surface area contributed by atoms with Crippen LogP contribution in [0.4, 0.5) is 5.69 Å². The second-order valence-electron chi connectivity index (χ2n) is 5.47. The van der Waals surface area contributed by atoms with Gasteiger partial charge in [-0.1, -0.05) is 39.3 Å². The number of ether oxygens (including phenoxy) is 2. The summed E-state index contributed by atoms with van der Waals surface area (Å²) in [5.74, 6) is 1.25. The number of amides is 1. The van der Waals surface area contributed by atoms with Gasteiger partial charge in [0.2, 0.25) is 0 Å². The van der Waals surface area contributed by atoms with Crippen LogP contribution >= 0.6 is 11.6 Å². The van der Waals surface area contributed by atoms with Gasteiger partial charge < -0.3 is 19.2 Å². The number of methoxy groups -OCH3 is 2. The van der Waals surface area contributed by atoms with Crippen molar-refractivity contribution in [1.29, 1.82) is 0 Å². The van der Waals surface area contributed by atoms with E-state index in [1.54, 1.807) is 50.4 Å². The van der Waals surface area contributed by atoms with Gasteiger partial charge in [-0.15, -0.1) is 0 Å². The van der Waals surface area contributed by atoms with Gasteiger partial charge >= 0.3 is 0 Å². The first-order valence-corrected chi connectivity index (χ1v) is 10.1. The highest BCUT2D eigenvalue weighted by atomic mass is 35.5. The third kappa shape index (κ3) is 6.26. The molecule has 3 aromatic rings. The number of carbonyl (C=O) groups is 1. The Bertz CT molecular complexity index is 954. The van der Waals surface area contributed by atoms with Crippen molar-refractivity contribution in [1.82, 2.24) is 4.98 Å². The van der Waals surface area contributed by atoms with Gasteiger partial charge in [0.05, 0.1) is 24.8 Å². The van der Waals surface area contributed by atoms with Crippen LogP contribution in [0.15, 0.2) is 47.1 Å². The van der Waals surface area contributed by atoms with E-state index in [4.69, 9.17) is 25.5 Å². The molecule has 1 N–H and O–H groups in total. The summed E-state index contributed by atoms with van der Waals surface area (Å²) >= 11 is 6.25. The number of anilines is 1. The number of hydrogen-bond donors (Lipinski definition) is 1. The molecule has 0 saturated heterocycles. The quantitative estimate of drug-likeness (QED) is 0.490. The standard InChI is InChI=1S/C19H17ClN2O4.2C2H6/c1-11-21-17(10-26-11)15-8-12(4-7-16(15)20)22-19(23)14-6-5-13(24-2)9-18(14)25-3;2*1-2/h4-10H,1-3H3,(H,22,23);2*1-2H3. The van der Waals surface area contributed by atoms with Crippen LogP contribution in [-0.4, -0.2) is 25.1 Å². The molecule has 0 atom stereocenters. The summed E-state index contributed by atoms with van der Waals surface area (Å²) in [5.41, 5.74) is 2.24. The number of oxazole rings is 1. The number of rotatable bonds is 5. The van der Waals surface area contributed by atoms with Gasteiger partial charge in [0, 0.05) is 24.2 Å². The first-order chi connectivity index (χ1) is 14.5. The molecule has 7 heteroatoms. The molecule has 0 aliphatic heterocycles. The molecular formula is C23H29ClN2O4. The van der Waals surface area contributed by atoms with Crippen LogP contribution in [-0.2, 0) is 0 Å². The molecule has 0 bridgehead atoms. The Kier molecular flexibility index (Phi) is 10.5. The average Bonchev–Trinajstić information content (AvgIpc) is 3.23. The van der Waals surface area contributed by atoms with Crippen LogP contribution in [0, 0.1) is 6.92 Å². The van der Waals surface area contributed by atoms with Crippen molar-refractivity contribution in [3.05, 3.63) is 59.1 Å². The maximum atomic E-state index is 12.6. The first-order valence-electron chi connectivity index (χ1n) is 9.77. The molecule has 6 nitrogen and oxygen atoms in total. The number of aromatic nitrogens is 1. The molecule has 162 valence electrons. The fourth-order valence-corrected chi connectivity index (χ4v) is 2.69. The zero-order valence-corrected chi connectivity index (χ0v) is 19.3. The molecule has 30 heavy (non-hydrogen) atoms. The van der Waals surface area contributed by atoms with E-state index in [-0.39, 0.29) is 5.91 Å². The molecule has 0 aliphatic rings. The Hall–Kier alpha value is -2.99. The Morgan fingerprint density at radius 2 is 1.73 bits per heavy atom. The van der Waals surface area contributed by atoms with Crippen molar-refractivity contribution in [2.45, 2.75) is 34.6 Å². The van der Waals surface area contributed by atoms with Crippen molar-refractivity contribution < 1.29 is 18.7 Å². The fraction of sp³-hybridized carbons (Fsp3) is 0.304. The summed E-state index contributed by atoms with van der Waals surface area (Å²) in [6.45, 7) is 9.75. The van der Waals surface area contributed by atoms with Crippen molar-refractivity contribution >= 4 is 23.2 Å². The normalized spacial score (nSPS) is 9.47. The van der Waals surface area contributed by atoms with Crippen molar-refractivity contribution in [2.24, 2.45) is 0 Å². The van der Waals surface area contributed by atoms with Gasteiger partial charge in [0.15, 0.2) is 5.89 Å². The highest BCUT2D eigenvalue weighted by Gasteiger charge is 2.15. The largest absolute Gasteiger partial charge is 0.497 e. The number of benzene rings is 2. The van der Waals surface area contributed by atoms with Gasteiger partial charge in [-0.05, 0) is 30.3 Å². The van der Waals surface area contributed by atoms with E-state index < -0.39 is 0 Å². The van der Waals surface area contributed by atoms with Crippen molar-refractivity contribution in [3.8, 4) is 22.8 Å². The molecular weight excluding hydrogens is 404 g/mol. The monoisotopic (exact) mass is 432 g/mol. The zero-order chi connectivity index (χ0) is 22.7. The summed E-state index contributed by atoms with van der Waals surface area (Å²) in [5, 5.41) is 3.35. The Morgan fingerprint density at radius 3 is 2.30 bits per heavy atom. The Morgan fingerprint density at radius 1 is 1.03 bits per heavy atom. The highest BCUT2D eigenvalue weighted by molar-refractivity contribution is 6.33. The van der Waals surface area contributed by atoms with Crippen LogP contribution in [0.25, 0.3) is 11.3 Å². The summed E-state index contributed by atoms with van der Waals surface area (Å²) in [7, 11) is 3.05. The lowest BCUT2D eigenvalue weighted by molar-refractivity contribution is 0.102.